The third-order valence-electron chi connectivity index (χ3n) is 2.74. The Labute approximate surface area is 103 Å². The molecule has 0 bridgehead atoms. The van der Waals surface area contributed by atoms with Crippen molar-refractivity contribution in [3.63, 3.8) is 0 Å². The first-order valence-electron chi connectivity index (χ1n) is 6.18. The van der Waals surface area contributed by atoms with Crippen LogP contribution in [0.15, 0.2) is 24.3 Å². The lowest BCUT2D eigenvalue weighted by atomic mass is 10.0. The molecule has 0 saturated heterocycles. The second-order valence-corrected chi connectivity index (χ2v) is 4.19. The molecule has 1 atom stereocenters. The van der Waals surface area contributed by atoms with Crippen LogP contribution in [0.5, 0.6) is 0 Å². The SMILES string of the molecule is C#CCCC(Cc1ccccc1F)NCCC. The van der Waals surface area contributed by atoms with Crippen LogP contribution < -0.4 is 5.32 Å². The van der Waals surface area contributed by atoms with Crippen molar-refractivity contribution in [1.29, 1.82) is 0 Å². The van der Waals surface area contributed by atoms with Crippen molar-refractivity contribution in [3.8, 4) is 12.3 Å². The number of rotatable bonds is 7. The molecule has 2 heteroatoms. The molecule has 1 N–H and O–H groups in total. The van der Waals surface area contributed by atoms with Gasteiger partial charge in [-0.3, -0.25) is 0 Å². The maximum Gasteiger partial charge on any atom is 0.126 e. The van der Waals surface area contributed by atoms with E-state index in [1.54, 1.807) is 6.07 Å². The molecule has 1 rings (SSSR count). The summed E-state index contributed by atoms with van der Waals surface area (Å²) in [7, 11) is 0. The van der Waals surface area contributed by atoms with Gasteiger partial charge in [-0.15, -0.1) is 12.3 Å². The van der Waals surface area contributed by atoms with Gasteiger partial charge in [0.2, 0.25) is 0 Å². The van der Waals surface area contributed by atoms with Gasteiger partial charge in [0.1, 0.15) is 5.82 Å². The van der Waals surface area contributed by atoms with Crippen LogP contribution in [0.1, 0.15) is 31.7 Å². The number of hydrogen-bond acceptors (Lipinski definition) is 1. The van der Waals surface area contributed by atoms with E-state index < -0.39 is 0 Å². The van der Waals surface area contributed by atoms with E-state index in [2.05, 4.69) is 18.2 Å². The monoisotopic (exact) mass is 233 g/mol. The molecule has 17 heavy (non-hydrogen) atoms. The van der Waals surface area contributed by atoms with Crippen LogP contribution in [-0.2, 0) is 6.42 Å². The van der Waals surface area contributed by atoms with Crippen LogP contribution in [0, 0.1) is 18.2 Å². The minimum atomic E-state index is -0.128. The van der Waals surface area contributed by atoms with Crippen LogP contribution >= 0.6 is 0 Å². The molecule has 1 unspecified atom stereocenters. The van der Waals surface area contributed by atoms with Gasteiger partial charge in [-0.2, -0.15) is 0 Å². The Kier molecular flexibility index (Phi) is 6.35. The minimum absolute atomic E-state index is 0.128. The van der Waals surface area contributed by atoms with Gasteiger partial charge in [0.25, 0.3) is 0 Å². The van der Waals surface area contributed by atoms with E-state index in [-0.39, 0.29) is 11.9 Å². The summed E-state index contributed by atoms with van der Waals surface area (Å²) in [4.78, 5) is 0. The highest BCUT2D eigenvalue weighted by atomic mass is 19.1. The van der Waals surface area contributed by atoms with Gasteiger partial charge in [0, 0.05) is 12.5 Å². The molecule has 1 aromatic rings. The first-order valence-corrected chi connectivity index (χ1v) is 6.18. The van der Waals surface area contributed by atoms with Crippen molar-refractivity contribution in [3.05, 3.63) is 35.6 Å². The summed E-state index contributed by atoms with van der Waals surface area (Å²) in [6.07, 6.45) is 8.68. The van der Waals surface area contributed by atoms with Crippen LogP contribution in [0.25, 0.3) is 0 Å². The molecule has 0 aliphatic rings. The van der Waals surface area contributed by atoms with Crippen molar-refractivity contribution in [1.82, 2.24) is 5.32 Å². The summed E-state index contributed by atoms with van der Waals surface area (Å²) in [6.45, 7) is 3.07. The van der Waals surface area contributed by atoms with Crippen LogP contribution in [-0.4, -0.2) is 12.6 Å². The van der Waals surface area contributed by atoms with Gasteiger partial charge in [-0.25, -0.2) is 4.39 Å². The minimum Gasteiger partial charge on any atom is -0.314 e. The van der Waals surface area contributed by atoms with Crippen molar-refractivity contribution in [2.75, 3.05) is 6.54 Å². The molecule has 0 aliphatic heterocycles. The zero-order valence-corrected chi connectivity index (χ0v) is 10.4. The summed E-state index contributed by atoms with van der Waals surface area (Å²) in [5, 5.41) is 3.42. The van der Waals surface area contributed by atoms with Crippen LogP contribution in [0.3, 0.4) is 0 Å². The van der Waals surface area contributed by atoms with Gasteiger partial charge in [0.05, 0.1) is 0 Å². The third-order valence-corrected chi connectivity index (χ3v) is 2.74. The zero-order valence-electron chi connectivity index (χ0n) is 10.4. The van der Waals surface area contributed by atoms with Crippen molar-refractivity contribution in [2.45, 2.75) is 38.6 Å². The molecule has 0 aliphatic carbocycles. The molecular formula is C15H20FN. The Balaban J connectivity index is 2.58. The summed E-state index contributed by atoms with van der Waals surface area (Å²) in [6, 6.07) is 7.20. The first-order chi connectivity index (χ1) is 8.27. The molecule has 0 fully saturated rings. The first kappa shape index (κ1) is 13.7. The lowest BCUT2D eigenvalue weighted by Crippen LogP contribution is -2.32. The van der Waals surface area contributed by atoms with Crippen molar-refractivity contribution >= 4 is 0 Å². The van der Waals surface area contributed by atoms with E-state index in [1.807, 2.05) is 12.1 Å². The Morgan fingerprint density at radius 1 is 1.41 bits per heavy atom. The molecule has 92 valence electrons. The van der Waals surface area contributed by atoms with E-state index in [4.69, 9.17) is 6.42 Å². The molecule has 0 saturated carbocycles. The molecular weight excluding hydrogens is 213 g/mol. The summed E-state index contributed by atoms with van der Waals surface area (Å²) in [5.74, 6) is 2.51. The van der Waals surface area contributed by atoms with E-state index >= 15 is 0 Å². The van der Waals surface area contributed by atoms with Crippen LogP contribution in [0.2, 0.25) is 0 Å². The largest absolute Gasteiger partial charge is 0.314 e. The number of halogens is 1. The topological polar surface area (TPSA) is 12.0 Å². The van der Waals surface area contributed by atoms with Crippen molar-refractivity contribution < 1.29 is 4.39 Å². The maximum atomic E-state index is 13.5. The fourth-order valence-electron chi connectivity index (χ4n) is 1.81. The summed E-state index contributed by atoms with van der Waals surface area (Å²) in [5.41, 5.74) is 0.762. The third kappa shape index (κ3) is 5.01. The molecule has 0 aromatic heterocycles. The van der Waals surface area contributed by atoms with E-state index in [1.165, 1.54) is 6.07 Å². The highest BCUT2D eigenvalue weighted by Crippen LogP contribution is 2.11. The van der Waals surface area contributed by atoms with E-state index in [0.717, 1.165) is 31.4 Å². The number of terminal acetylenes is 1. The predicted molar refractivity (Wildman–Crippen MR) is 70.3 cm³/mol. The second-order valence-electron chi connectivity index (χ2n) is 4.19. The molecule has 1 aromatic carbocycles. The van der Waals surface area contributed by atoms with E-state index in [9.17, 15) is 4.39 Å². The van der Waals surface area contributed by atoms with Gasteiger partial charge in [-0.1, -0.05) is 25.1 Å². The quantitative estimate of drug-likeness (QED) is 0.713. The number of benzene rings is 1. The van der Waals surface area contributed by atoms with Crippen LogP contribution in [0.4, 0.5) is 4.39 Å². The predicted octanol–water partition coefficient (Wildman–Crippen LogP) is 3.15. The van der Waals surface area contributed by atoms with Gasteiger partial charge < -0.3 is 5.32 Å². The second kappa shape index (κ2) is 7.86. The molecule has 0 radical (unpaired) electrons. The standard InChI is InChI=1S/C15H20FN/c1-3-5-9-14(17-11-4-2)12-13-8-6-7-10-15(13)16/h1,6-8,10,14,17H,4-5,9,11-12H2,2H3. The summed E-state index contributed by atoms with van der Waals surface area (Å²) < 4.78 is 13.5. The Bertz CT molecular complexity index is 367. The van der Waals surface area contributed by atoms with Gasteiger partial charge >= 0.3 is 0 Å². The normalized spacial score (nSPS) is 12.1. The Hall–Kier alpha value is -1.33. The molecule has 0 amide bonds. The molecule has 1 nitrogen and oxygen atoms in total. The lowest BCUT2D eigenvalue weighted by Gasteiger charge is -2.17. The molecule has 0 heterocycles. The van der Waals surface area contributed by atoms with Crippen molar-refractivity contribution in [2.24, 2.45) is 0 Å². The fourth-order valence-corrected chi connectivity index (χ4v) is 1.81. The average Bonchev–Trinajstić information content (AvgIpc) is 2.35. The summed E-state index contributed by atoms with van der Waals surface area (Å²) >= 11 is 0. The smallest absolute Gasteiger partial charge is 0.126 e. The fraction of sp³-hybridized carbons (Fsp3) is 0.467. The van der Waals surface area contributed by atoms with E-state index in [0.29, 0.717) is 6.42 Å². The number of nitrogens with one attached hydrogen (secondary N) is 1. The van der Waals surface area contributed by atoms with Gasteiger partial charge in [0.15, 0.2) is 0 Å². The van der Waals surface area contributed by atoms with Gasteiger partial charge in [-0.05, 0) is 37.4 Å². The Morgan fingerprint density at radius 3 is 2.82 bits per heavy atom. The number of hydrogen-bond donors (Lipinski definition) is 1. The highest BCUT2D eigenvalue weighted by Gasteiger charge is 2.10. The average molecular weight is 233 g/mol. The maximum absolute atomic E-state index is 13.5. The molecule has 0 spiro atoms. The Morgan fingerprint density at radius 2 is 2.18 bits per heavy atom. The highest BCUT2D eigenvalue weighted by molar-refractivity contribution is 5.18. The lowest BCUT2D eigenvalue weighted by molar-refractivity contribution is 0.473. The zero-order chi connectivity index (χ0) is 12.5.